The first kappa shape index (κ1) is 15.9. The number of hydrogen-bond donors (Lipinski definition) is 2. The monoisotopic (exact) mass is 294 g/mol. The van der Waals surface area contributed by atoms with Crippen molar-refractivity contribution in [1.82, 2.24) is 5.32 Å². The van der Waals surface area contributed by atoms with Gasteiger partial charge in [-0.15, -0.1) is 0 Å². The smallest absolute Gasteiger partial charge is 0.269 e. The normalized spacial score (nSPS) is 19.1. The van der Waals surface area contributed by atoms with Gasteiger partial charge in [0.2, 0.25) is 0 Å². The average molecular weight is 294 g/mol. The highest BCUT2D eigenvalue weighted by molar-refractivity contribution is 5.34. The number of nitrogens with zero attached hydrogens (tertiary/aromatic N) is 1. The van der Waals surface area contributed by atoms with E-state index in [9.17, 15) is 15.2 Å². The van der Waals surface area contributed by atoms with Gasteiger partial charge in [0, 0.05) is 43.3 Å². The van der Waals surface area contributed by atoms with Gasteiger partial charge in [0.25, 0.3) is 5.69 Å². The van der Waals surface area contributed by atoms with Crippen molar-refractivity contribution in [1.29, 1.82) is 0 Å². The third-order valence-corrected chi connectivity index (χ3v) is 4.28. The summed E-state index contributed by atoms with van der Waals surface area (Å²) in [4.78, 5) is 10.2. The van der Waals surface area contributed by atoms with Crippen LogP contribution >= 0.6 is 0 Å². The Labute approximate surface area is 124 Å². The van der Waals surface area contributed by atoms with Gasteiger partial charge in [-0.2, -0.15) is 0 Å². The van der Waals surface area contributed by atoms with Crippen molar-refractivity contribution in [2.45, 2.75) is 25.8 Å². The lowest BCUT2D eigenvalue weighted by Crippen LogP contribution is -2.42. The molecule has 2 rings (SSSR count). The van der Waals surface area contributed by atoms with Crippen molar-refractivity contribution in [2.75, 3.05) is 26.4 Å². The second kappa shape index (κ2) is 6.98. The van der Waals surface area contributed by atoms with Gasteiger partial charge in [-0.3, -0.25) is 10.1 Å². The summed E-state index contributed by atoms with van der Waals surface area (Å²) in [5.74, 6) is 0. The van der Waals surface area contributed by atoms with Crippen LogP contribution in [-0.2, 0) is 4.74 Å². The van der Waals surface area contributed by atoms with Crippen molar-refractivity contribution < 1.29 is 14.8 Å². The second-order valence-corrected chi connectivity index (χ2v) is 5.72. The number of nitrogens with one attached hydrogen (secondary N) is 1. The molecular formula is C15H22N2O4. The molecule has 1 aliphatic rings. The van der Waals surface area contributed by atoms with E-state index in [4.69, 9.17) is 4.74 Å². The van der Waals surface area contributed by atoms with Crippen LogP contribution < -0.4 is 5.32 Å². The van der Waals surface area contributed by atoms with Crippen LogP contribution in [0.4, 0.5) is 5.69 Å². The lowest BCUT2D eigenvalue weighted by atomic mass is 9.80. The van der Waals surface area contributed by atoms with Gasteiger partial charge in [-0.1, -0.05) is 12.1 Å². The van der Waals surface area contributed by atoms with E-state index in [2.05, 4.69) is 5.32 Å². The molecule has 116 valence electrons. The van der Waals surface area contributed by atoms with E-state index < -0.39 is 4.92 Å². The zero-order valence-corrected chi connectivity index (χ0v) is 12.2. The van der Waals surface area contributed by atoms with Crippen molar-refractivity contribution in [3.05, 3.63) is 39.9 Å². The number of non-ortho nitro benzene ring substituents is 1. The fourth-order valence-corrected chi connectivity index (χ4v) is 2.57. The fraction of sp³-hybridized carbons (Fsp3) is 0.600. The Hall–Kier alpha value is -1.50. The number of aliphatic hydroxyl groups is 1. The lowest BCUT2D eigenvalue weighted by molar-refractivity contribution is -0.384. The summed E-state index contributed by atoms with van der Waals surface area (Å²) in [7, 11) is 0. The van der Waals surface area contributed by atoms with Gasteiger partial charge in [0.15, 0.2) is 0 Å². The molecule has 2 N–H and O–H groups in total. The third-order valence-electron chi connectivity index (χ3n) is 4.28. The molecule has 0 aliphatic carbocycles. The van der Waals surface area contributed by atoms with Crippen LogP contribution in [0.1, 0.15) is 31.4 Å². The highest BCUT2D eigenvalue weighted by Crippen LogP contribution is 2.30. The summed E-state index contributed by atoms with van der Waals surface area (Å²) in [5.41, 5.74) is 0.982. The van der Waals surface area contributed by atoms with E-state index in [1.54, 1.807) is 12.1 Å². The number of benzene rings is 1. The summed E-state index contributed by atoms with van der Waals surface area (Å²) >= 11 is 0. The molecule has 1 heterocycles. The zero-order valence-electron chi connectivity index (χ0n) is 12.2. The van der Waals surface area contributed by atoms with Crippen molar-refractivity contribution >= 4 is 5.69 Å². The van der Waals surface area contributed by atoms with Gasteiger partial charge in [0.05, 0.1) is 11.5 Å². The summed E-state index contributed by atoms with van der Waals surface area (Å²) in [6.07, 6.45) is 1.70. The molecule has 21 heavy (non-hydrogen) atoms. The average Bonchev–Trinajstić information content (AvgIpc) is 2.53. The zero-order chi connectivity index (χ0) is 15.3. The van der Waals surface area contributed by atoms with Crippen LogP contribution in [0.25, 0.3) is 0 Å². The molecular weight excluding hydrogens is 272 g/mol. The van der Waals surface area contributed by atoms with E-state index in [1.807, 2.05) is 6.92 Å². The number of aliphatic hydroxyl groups excluding tert-OH is 1. The van der Waals surface area contributed by atoms with Crippen LogP contribution in [0.3, 0.4) is 0 Å². The molecule has 1 fully saturated rings. The molecule has 0 aromatic heterocycles. The Morgan fingerprint density at radius 3 is 2.52 bits per heavy atom. The number of rotatable bonds is 6. The summed E-state index contributed by atoms with van der Waals surface area (Å²) in [6.45, 7) is 4.26. The summed E-state index contributed by atoms with van der Waals surface area (Å²) < 4.78 is 5.35. The second-order valence-electron chi connectivity index (χ2n) is 5.72. The standard InChI is InChI=1S/C15H22N2O4/c1-12(13-2-4-14(5-3-13)17(19)20)16-10-15(11-18)6-8-21-9-7-15/h2-5,12,16,18H,6-11H2,1H3. The van der Waals surface area contributed by atoms with Gasteiger partial charge in [0.1, 0.15) is 0 Å². The number of ether oxygens (including phenoxy) is 1. The maximum atomic E-state index is 10.6. The quantitative estimate of drug-likeness (QED) is 0.619. The first-order chi connectivity index (χ1) is 10.1. The maximum absolute atomic E-state index is 10.6. The fourth-order valence-electron chi connectivity index (χ4n) is 2.57. The van der Waals surface area contributed by atoms with Gasteiger partial charge >= 0.3 is 0 Å². The first-order valence-corrected chi connectivity index (χ1v) is 7.23. The van der Waals surface area contributed by atoms with Gasteiger partial charge in [-0.05, 0) is 25.3 Å². The highest BCUT2D eigenvalue weighted by atomic mass is 16.6. The van der Waals surface area contributed by atoms with Crippen molar-refractivity contribution in [3.8, 4) is 0 Å². The molecule has 1 aromatic carbocycles. The van der Waals surface area contributed by atoms with E-state index in [-0.39, 0.29) is 23.8 Å². The minimum atomic E-state index is -0.398. The molecule has 1 atom stereocenters. The topological polar surface area (TPSA) is 84.6 Å². The molecule has 0 amide bonds. The Bertz CT molecular complexity index is 469. The summed E-state index contributed by atoms with van der Waals surface area (Å²) in [5, 5.41) is 23.7. The van der Waals surface area contributed by atoms with Crippen LogP contribution in [0, 0.1) is 15.5 Å². The van der Waals surface area contributed by atoms with Crippen LogP contribution in [0.2, 0.25) is 0 Å². The Balaban J connectivity index is 1.94. The van der Waals surface area contributed by atoms with Crippen molar-refractivity contribution in [2.24, 2.45) is 5.41 Å². The van der Waals surface area contributed by atoms with E-state index in [1.165, 1.54) is 12.1 Å². The lowest BCUT2D eigenvalue weighted by Gasteiger charge is -2.36. The van der Waals surface area contributed by atoms with Crippen molar-refractivity contribution in [3.63, 3.8) is 0 Å². The minimum Gasteiger partial charge on any atom is -0.396 e. The van der Waals surface area contributed by atoms with Crippen LogP contribution in [-0.4, -0.2) is 36.4 Å². The first-order valence-electron chi connectivity index (χ1n) is 7.23. The largest absolute Gasteiger partial charge is 0.396 e. The van der Waals surface area contributed by atoms with Crippen LogP contribution in [0.15, 0.2) is 24.3 Å². The molecule has 1 unspecified atom stereocenters. The van der Waals surface area contributed by atoms with Gasteiger partial charge < -0.3 is 15.2 Å². The number of nitro benzene ring substituents is 1. The number of hydrogen-bond acceptors (Lipinski definition) is 5. The predicted molar refractivity (Wildman–Crippen MR) is 79.1 cm³/mol. The summed E-state index contributed by atoms with van der Waals surface area (Å²) in [6, 6.07) is 6.65. The minimum absolute atomic E-state index is 0.0806. The molecule has 0 bridgehead atoms. The van der Waals surface area contributed by atoms with Crippen LogP contribution in [0.5, 0.6) is 0 Å². The third kappa shape index (κ3) is 4.00. The molecule has 0 radical (unpaired) electrons. The maximum Gasteiger partial charge on any atom is 0.269 e. The Morgan fingerprint density at radius 2 is 2.00 bits per heavy atom. The molecule has 1 saturated heterocycles. The molecule has 1 aliphatic heterocycles. The van der Waals surface area contributed by atoms with E-state index >= 15 is 0 Å². The Morgan fingerprint density at radius 1 is 1.38 bits per heavy atom. The molecule has 0 spiro atoms. The highest BCUT2D eigenvalue weighted by Gasteiger charge is 2.32. The SMILES string of the molecule is CC(NCC1(CO)CCOCC1)c1ccc([N+](=O)[O-])cc1. The molecule has 1 aromatic rings. The van der Waals surface area contributed by atoms with E-state index in [0.717, 1.165) is 18.4 Å². The predicted octanol–water partition coefficient (Wildman–Crippen LogP) is 2.03. The molecule has 6 nitrogen and oxygen atoms in total. The molecule has 0 saturated carbocycles. The van der Waals surface area contributed by atoms with Gasteiger partial charge in [-0.25, -0.2) is 0 Å². The molecule has 6 heteroatoms. The van der Waals surface area contributed by atoms with E-state index in [0.29, 0.717) is 19.8 Å². The number of nitro groups is 1. The Kier molecular flexibility index (Phi) is 5.27.